The molecule has 3 nitrogen and oxygen atoms in total. The number of sulfone groups is 1. The largest absolute Gasteiger partial charge is 0.323 e. The highest BCUT2D eigenvalue weighted by Gasteiger charge is 2.33. The molecule has 7 heteroatoms. The molecule has 2 heterocycles. The van der Waals surface area contributed by atoms with E-state index >= 15 is 0 Å². The Labute approximate surface area is 116 Å². The molecule has 1 aliphatic rings. The van der Waals surface area contributed by atoms with Crippen molar-refractivity contribution < 1.29 is 8.42 Å². The summed E-state index contributed by atoms with van der Waals surface area (Å²) in [7, 11) is -2.85. The molecule has 1 aromatic heterocycles. The van der Waals surface area contributed by atoms with Crippen LogP contribution >= 0.6 is 43.2 Å². The van der Waals surface area contributed by atoms with Gasteiger partial charge in [0.05, 0.1) is 15.3 Å². The van der Waals surface area contributed by atoms with Crippen LogP contribution in [0.2, 0.25) is 0 Å². The van der Waals surface area contributed by atoms with Crippen molar-refractivity contribution >= 4 is 53.0 Å². The van der Waals surface area contributed by atoms with E-state index in [2.05, 4.69) is 31.9 Å². The van der Waals surface area contributed by atoms with Crippen LogP contribution in [0.15, 0.2) is 14.3 Å². The van der Waals surface area contributed by atoms with Crippen molar-refractivity contribution in [1.82, 2.24) is 0 Å². The van der Waals surface area contributed by atoms with Gasteiger partial charge in [0.15, 0.2) is 9.84 Å². The van der Waals surface area contributed by atoms with Crippen LogP contribution in [0.1, 0.15) is 17.3 Å². The number of halogens is 2. The van der Waals surface area contributed by atoms with Gasteiger partial charge in [-0.05, 0) is 50.3 Å². The van der Waals surface area contributed by atoms with Gasteiger partial charge in [-0.2, -0.15) is 0 Å². The maximum atomic E-state index is 11.4. The summed E-state index contributed by atoms with van der Waals surface area (Å²) in [6.07, 6.45) is 0.677. The number of nitrogens with two attached hydrogens (primary N) is 1. The van der Waals surface area contributed by atoms with Gasteiger partial charge in [0, 0.05) is 15.4 Å². The summed E-state index contributed by atoms with van der Waals surface area (Å²) in [6, 6.07) is 1.79. The molecule has 1 aliphatic heterocycles. The lowest BCUT2D eigenvalue weighted by Crippen LogP contribution is -2.21. The fraction of sp³-hybridized carbons (Fsp3) is 0.556. The zero-order valence-electron chi connectivity index (χ0n) is 8.32. The second-order valence-corrected chi connectivity index (χ2v) is 9.44. The summed E-state index contributed by atoms with van der Waals surface area (Å²) < 4.78 is 24.7. The fourth-order valence-corrected chi connectivity index (χ4v) is 5.91. The van der Waals surface area contributed by atoms with Crippen LogP contribution in [0.4, 0.5) is 0 Å². The van der Waals surface area contributed by atoms with E-state index in [4.69, 9.17) is 5.73 Å². The van der Waals surface area contributed by atoms with E-state index in [9.17, 15) is 8.42 Å². The molecule has 0 aromatic carbocycles. The van der Waals surface area contributed by atoms with Gasteiger partial charge in [-0.25, -0.2) is 8.42 Å². The lowest BCUT2D eigenvalue weighted by atomic mass is 9.99. The van der Waals surface area contributed by atoms with Crippen LogP contribution in [0.5, 0.6) is 0 Å². The van der Waals surface area contributed by atoms with Crippen molar-refractivity contribution in [2.24, 2.45) is 11.7 Å². The lowest BCUT2D eigenvalue weighted by Gasteiger charge is -2.15. The topological polar surface area (TPSA) is 60.2 Å². The molecule has 16 heavy (non-hydrogen) atoms. The van der Waals surface area contributed by atoms with Crippen LogP contribution in [-0.2, 0) is 9.84 Å². The van der Waals surface area contributed by atoms with E-state index in [1.165, 1.54) is 0 Å². The molecule has 2 N–H and O–H groups in total. The van der Waals surface area contributed by atoms with Crippen LogP contribution in [-0.4, -0.2) is 19.9 Å². The molecular formula is C9H11Br2NO2S2. The van der Waals surface area contributed by atoms with E-state index in [1.807, 2.05) is 6.07 Å². The Balaban J connectivity index is 2.17. The summed E-state index contributed by atoms with van der Waals surface area (Å²) >= 11 is 8.38. The third-order valence-electron chi connectivity index (χ3n) is 2.77. The molecule has 0 amide bonds. The Morgan fingerprint density at radius 2 is 2.19 bits per heavy atom. The molecule has 0 saturated carbocycles. The third kappa shape index (κ3) is 2.69. The van der Waals surface area contributed by atoms with Crippen molar-refractivity contribution in [3.05, 3.63) is 19.2 Å². The quantitative estimate of drug-likeness (QED) is 0.847. The molecule has 0 aliphatic carbocycles. The minimum atomic E-state index is -2.85. The van der Waals surface area contributed by atoms with E-state index in [-0.39, 0.29) is 23.5 Å². The summed E-state index contributed by atoms with van der Waals surface area (Å²) in [4.78, 5) is 1.03. The van der Waals surface area contributed by atoms with Crippen LogP contribution in [0.25, 0.3) is 0 Å². The number of rotatable bonds is 2. The lowest BCUT2D eigenvalue weighted by molar-refractivity contribution is 0.486. The Hall–Kier alpha value is 0.570. The van der Waals surface area contributed by atoms with Gasteiger partial charge in [-0.1, -0.05) is 0 Å². The van der Waals surface area contributed by atoms with E-state index < -0.39 is 9.84 Å². The monoisotopic (exact) mass is 387 g/mol. The maximum absolute atomic E-state index is 11.4. The Kier molecular flexibility index (Phi) is 3.81. The normalized spacial score (nSPS) is 25.8. The van der Waals surface area contributed by atoms with E-state index in [0.717, 1.165) is 13.1 Å². The van der Waals surface area contributed by atoms with Crippen molar-refractivity contribution in [2.45, 2.75) is 12.5 Å². The smallest absolute Gasteiger partial charge is 0.150 e. The Morgan fingerprint density at radius 3 is 2.62 bits per heavy atom. The highest BCUT2D eigenvalue weighted by Crippen LogP contribution is 2.39. The molecule has 1 saturated heterocycles. The van der Waals surface area contributed by atoms with Crippen molar-refractivity contribution in [3.63, 3.8) is 0 Å². The summed E-state index contributed by atoms with van der Waals surface area (Å²) in [5.41, 5.74) is 6.11. The van der Waals surface area contributed by atoms with Crippen molar-refractivity contribution in [3.8, 4) is 0 Å². The molecule has 0 bridgehead atoms. The van der Waals surface area contributed by atoms with E-state index in [1.54, 1.807) is 11.3 Å². The maximum Gasteiger partial charge on any atom is 0.150 e. The van der Waals surface area contributed by atoms with Gasteiger partial charge in [-0.3, -0.25) is 0 Å². The second-order valence-electron chi connectivity index (χ2n) is 3.96. The molecular weight excluding hydrogens is 378 g/mol. The molecule has 2 atom stereocenters. The minimum absolute atomic E-state index is 0.0578. The first-order valence-electron chi connectivity index (χ1n) is 4.80. The van der Waals surface area contributed by atoms with Gasteiger partial charge < -0.3 is 5.73 Å². The molecule has 2 rings (SSSR count). The molecule has 0 radical (unpaired) electrons. The van der Waals surface area contributed by atoms with Crippen LogP contribution in [0.3, 0.4) is 0 Å². The Morgan fingerprint density at radius 1 is 1.50 bits per heavy atom. The molecule has 1 aromatic rings. The number of hydrogen-bond donors (Lipinski definition) is 1. The van der Waals surface area contributed by atoms with Crippen molar-refractivity contribution in [2.75, 3.05) is 11.5 Å². The van der Waals surface area contributed by atoms with Crippen LogP contribution in [0, 0.1) is 5.92 Å². The van der Waals surface area contributed by atoms with Gasteiger partial charge in [0.2, 0.25) is 0 Å². The van der Waals surface area contributed by atoms with E-state index in [0.29, 0.717) is 6.42 Å². The fourth-order valence-electron chi connectivity index (χ4n) is 1.87. The predicted molar refractivity (Wildman–Crippen MR) is 73.4 cm³/mol. The molecule has 90 valence electrons. The third-order valence-corrected chi connectivity index (χ3v) is 7.92. The highest BCUT2D eigenvalue weighted by molar-refractivity contribution is 9.13. The van der Waals surface area contributed by atoms with Crippen molar-refractivity contribution in [1.29, 1.82) is 0 Å². The van der Waals surface area contributed by atoms with Gasteiger partial charge in [0.25, 0.3) is 0 Å². The molecule has 0 spiro atoms. The summed E-state index contributed by atoms with van der Waals surface area (Å²) in [6.45, 7) is 0. The standard InChI is InChI=1S/C9H11Br2NO2S2/c10-6-3-7(15-9(6)11)8(12)5-1-2-16(13,14)4-5/h3,5,8H,1-2,4,12H2. The van der Waals surface area contributed by atoms with Gasteiger partial charge in [-0.15, -0.1) is 11.3 Å². The molecule has 1 fully saturated rings. The number of hydrogen-bond acceptors (Lipinski definition) is 4. The van der Waals surface area contributed by atoms with Gasteiger partial charge in [0.1, 0.15) is 0 Å². The highest BCUT2D eigenvalue weighted by atomic mass is 79.9. The average molecular weight is 389 g/mol. The van der Waals surface area contributed by atoms with Crippen LogP contribution < -0.4 is 5.73 Å². The zero-order chi connectivity index (χ0) is 11.9. The summed E-state index contributed by atoms with van der Waals surface area (Å²) in [5, 5.41) is 0. The number of thiophene rings is 1. The minimum Gasteiger partial charge on any atom is -0.323 e. The zero-order valence-corrected chi connectivity index (χ0v) is 13.1. The van der Waals surface area contributed by atoms with Gasteiger partial charge >= 0.3 is 0 Å². The Bertz CT molecular complexity index is 478. The molecule has 2 unspecified atom stereocenters. The first-order chi connectivity index (χ1) is 7.39. The summed E-state index contributed by atoms with van der Waals surface area (Å²) in [5.74, 6) is 0.558. The first kappa shape index (κ1) is 13.0. The second kappa shape index (κ2) is 4.68. The average Bonchev–Trinajstić information content (AvgIpc) is 2.70. The SMILES string of the molecule is NC(c1cc(Br)c(Br)s1)C1CCS(=O)(=O)C1. The predicted octanol–water partition coefficient (Wildman–Crippen LogP) is 2.71. The first-order valence-corrected chi connectivity index (χ1v) is 9.02.